The largest absolute Gasteiger partial charge is 0.480 e. The second kappa shape index (κ2) is 6.48. The van der Waals surface area contributed by atoms with E-state index >= 15 is 0 Å². The molecular formula is C15H19NO5S. The number of carbonyl (C=O) groups excluding carboxylic acids is 1. The molecule has 0 spiro atoms. The molecule has 1 aliphatic heterocycles. The van der Waals surface area contributed by atoms with Crippen LogP contribution >= 0.6 is 0 Å². The Morgan fingerprint density at radius 1 is 1.23 bits per heavy atom. The molecule has 1 N–H and O–H groups in total. The van der Waals surface area contributed by atoms with Crippen LogP contribution in [-0.2, 0) is 14.6 Å². The highest BCUT2D eigenvalue weighted by Crippen LogP contribution is 2.21. The van der Waals surface area contributed by atoms with E-state index in [0.29, 0.717) is 18.5 Å². The number of rotatable bonds is 4. The zero-order chi connectivity index (χ0) is 16.3. The van der Waals surface area contributed by atoms with Gasteiger partial charge in [-0.1, -0.05) is 6.92 Å². The quantitative estimate of drug-likeness (QED) is 0.907. The Bertz CT molecular complexity index is 666. The van der Waals surface area contributed by atoms with E-state index < -0.39 is 21.8 Å². The van der Waals surface area contributed by atoms with Crippen LogP contribution in [0.2, 0.25) is 0 Å². The maximum absolute atomic E-state index is 12.5. The highest BCUT2D eigenvalue weighted by molar-refractivity contribution is 7.91. The summed E-state index contributed by atoms with van der Waals surface area (Å²) in [5.74, 6) is -1.38. The molecule has 7 heteroatoms. The van der Waals surface area contributed by atoms with Crippen LogP contribution in [0.5, 0.6) is 0 Å². The number of hydrogen-bond donors (Lipinski definition) is 1. The van der Waals surface area contributed by atoms with E-state index in [9.17, 15) is 23.1 Å². The van der Waals surface area contributed by atoms with Crippen LogP contribution in [0.25, 0.3) is 0 Å². The SMILES string of the molecule is CCS(=O)(=O)c1ccc(C(=O)N2CCCCC2C(=O)O)cc1. The van der Waals surface area contributed by atoms with Gasteiger partial charge in [-0.25, -0.2) is 13.2 Å². The third-order valence-electron chi connectivity index (χ3n) is 3.89. The molecule has 0 saturated carbocycles. The topological polar surface area (TPSA) is 91.8 Å². The van der Waals surface area contributed by atoms with E-state index in [2.05, 4.69) is 0 Å². The Balaban J connectivity index is 2.24. The van der Waals surface area contributed by atoms with Crippen LogP contribution < -0.4 is 0 Å². The maximum atomic E-state index is 12.5. The Morgan fingerprint density at radius 3 is 2.41 bits per heavy atom. The summed E-state index contributed by atoms with van der Waals surface area (Å²) in [7, 11) is -3.31. The van der Waals surface area contributed by atoms with Crippen molar-refractivity contribution < 1.29 is 23.1 Å². The number of carboxylic acids is 1. The predicted octanol–water partition coefficient (Wildman–Crippen LogP) is 1.56. The number of amides is 1. The van der Waals surface area contributed by atoms with Gasteiger partial charge >= 0.3 is 5.97 Å². The van der Waals surface area contributed by atoms with Gasteiger partial charge in [-0.15, -0.1) is 0 Å². The number of carbonyl (C=O) groups is 2. The van der Waals surface area contributed by atoms with Crippen molar-refractivity contribution in [2.24, 2.45) is 0 Å². The van der Waals surface area contributed by atoms with Crippen molar-refractivity contribution in [1.82, 2.24) is 4.90 Å². The first-order chi connectivity index (χ1) is 10.4. The van der Waals surface area contributed by atoms with Gasteiger partial charge in [-0.05, 0) is 43.5 Å². The first-order valence-corrected chi connectivity index (χ1v) is 8.88. The van der Waals surface area contributed by atoms with Gasteiger partial charge in [0, 0.05) is 12.1 Å². The van der Waals surface area contributed by atoms with E-state index in [-0.39, 0.29) is 16.6 Å². The molecule has 1 atom stereocenters. The molecule has 22 heavy (non-hydrogen) atoms. The van der Waals surface area contributed by atoms with Crippen molar-refractivity contribution in [2.45, 2.75) is 37.1 Å². The molecule has 1 amide bonds. The molecule has 1 aliphatic rings. The summed E-state index contributed by atoms with van der Waals surface area (Å²) in [6.07, 6.45) is 2.01. The van der Waals surface area contributed by atoms with Gasteiger partial charge < -0.3 is 10.0 Å². The van der Waals surface area contributed by atoms with Gasteiger partial charge in [-0.2, -0.15) is 0 Å². The Kier molecular flexibility index (Phi) is 4.85. The summed E-state index contributed by atoms with van der Waals surface area (Å²) in [4.78, 5) is 25.2. The molecule has 0 aliphatic carbocycles. The molecule has 1 heterocycles. The number of carboxylic acid groups (broad SMARTS) is 1. The minimum atomic E-state index is -3.31. The average Bonchev–Trinajstić information content (AvgIpc) is 2.54. The maximum Gasteiger partial charge on any atom is 0.326 e. The molecule has 6 nitrogen and oxygen atoms in total. The predicted molar refractivity (Wildman–Crippen MR) is 80.5 cm³/mol. The normalized spacial score (nSPS) is 19.0. The van der Waals surface area contributed by atoms with Crippen molar-refractivity contribution in [3.63, 3.8) is 0 Å². The Labute approximate surface area is 129 Å². The summed E-state index contributed by atoms with van der Waals surface area (Å²) < 4.78 is 23.5. The first kappa shape index (κ1) is 16.5. The number of piperidine rings is 1. The molecule has 1 unspecified atom stereocenters. The fraction of sp³-hybridized carbons (Fsp3) is 0.467. The third kappa shape index (κ3) is 3.30. The number of benzene rings is 1. The summed E-state index contributed by atoms with van der Waals surface area (Å²) in [5.41, 5.74) is 0.309. The molecule has 1 fully saturated rings. The van der Waals surface area contributed by atoms with E-state index in [1.807, 2.05) is 0 Å². The summed E-state index contributed by atoms with van der Waals surface area (Å²) >= 11 is 0. The van der Waals surface area contributed by atoms with Crippen LogP contribution in [0.1, 0.15) is 36.5 Å². The van der Waals surface area contributed by atoms with Crippen molar-refractivity contribution in [3.05, 3.63) is 29.8 Å². The highest BCUT2D eigenvalue weighted by Gasteiger charge is 2.32. The molecule has 2 rings (SSSR count). The zero-order valence-electron chi connectivity index (χ0n) is 12.4. The van der Waals surface area contributed by atoms with Crippen molar-refractivity contribution in [1.29, 1.82) is 0 Å². The molecule has 1 aromatic rings. The first-order valence-electron chi connectivity index (χ1n) is 7.23. The number of nitrogens with zero attached hydrogens (tertiary/aromatic N) is 1. The third-order valence-corrected chi connectivity index (χ3v) is 5.64. The molecule has 0 aromatic heterocycles. The van der Waals surface area contributed by atoms with Crippen molar-refractivity contribution in [3.8, 4) is 0 Å². The lowest BCUT2D eigenvalue weighted by molar-refractivity contribution is -0.143. The van der Waals surface area contributed by atoms with Gasteiger partial charge in [0.05, 0.1) is 10.6 Å². The number of aliphatic carboxylic acids is 1. The summed E-state index contributed by atoms with van der Waals surface area (Å²) in [6, 6.07) is 4.87. The zero-order valence-corrected chi connectivity index (χ0v) is 13.2. The van der Waals surface area contributed by atoms with Gasteiger partial charge in [0.15, 0.2) is 9.84 Å². The monoisotopic (exact) mass is 325 g/mol. The second-order valence-electron chi connectivity index (χ2n) is 5.28. The Morgan fingerprint density at radius 2 is 1.86 bits per heavy atom. The van der Waals surface area contributed by atoms with Gasteiger partial charge in [-0.3, -0.25) is 4.79 Å². The number of likely N-dealkylation sites (tertiary alicyclic amines) is 1. The van der Waals surface area contributed by atoms with Crippen LogP contribution in [0.4, 0.5) is 0 Å². The summed E-state index contributed by atoms with van der Waals surface area (Å²) in [5, 5.41) is 9.21. The smallest absolute Gasteiger partial charge is 0.326 e. The molecule has 1 aromatic carbocycles. The number of sulfone groups is 1. The fourth-order valence-corrected chi connectivity index (χ4v) is 3.45. The fourth-order valence-electron chi connectivity index (χ4n) is 2.57. The van der Waals surface area contributed by atoms with E-state index in [0.717, 1.165) is 12.8 Å². The van der Waals surface area contributed by atoms with Crippen molar-refractivity contribution >= 4 is 21.7 Å². The lowest BCUT2D eigenvalue weighted by atomic mass is 10.0. The molecule has 0 bridgehead atoms. The van der Waals surface area contributed by atoms with Crippen LogP contribution in [0.3, 0.4) is 0 Å². The molecular weight excluding hydrogens is 306 g/mol. The summed E-state index contributed by atoms with van der Waals surface area (Å²) in [6.45, 7) is 1.96. The van der Waals surface area contributed by atoms with Crippen LogP contribution in [0.15, 0.2) is 29.2 Å². The Hall–Kier alpha value is -1.89. The molecule has 0 radical (unpaired) electrons. The van der Waals surface area contributed by atoms with E-state index in [1.165, 1.54) is 29.2 Å². The molecule has 120 valence electrons. The van der Waals surface area contributed by atoms with Crippen molar-refractivity contribution in [2.75, 3.05) is 12.3 Å². The van der Waals surface area contributed by atoms with E-state index in [1.54, 1.807) is 6.92 Å². The van der Waals surface area contributed by atoms with Gasteiger partial charge in [0.25, 0.3) is 5.91 Å². The minimum Gasteiger partial charge on any atom is -0.480 e. The molecule has 1 saturated heterocycles. The average molecular weight is 325 g/mol. The second-order valence-corrected chi connectivity index (χ2v) is 7.55. The van der Waals surface area contributed by atoms with Gasteiger partial charge in [0.2, 0.25) is 0 Å². The standard InChI is InChI=1S/C15H19NO5S/c1-2-22(20,21)12-8-6-11(7-9-12)14(17)16-10-4-3-5-13(16)15(18)19/h6-9,13H,2-5,10H2,1H3,(H,18,19). The minimum absolute atomic E-state index is 0.00644. The van der Waals surface area contributed by atoms with Crippen LogP contribution in [-0.4, -0.2) is 48.6 Å². The van der Waals surface area contributed by atoms with E-state index in [4.69, 9.17) is 0 Å². The highest BCUT2D eigenvalue weighted by atomic mass is 32.2. The van der Waals surface area contributed by atoms with Gasteiger partial charge in [0.1, 0.15) is 6.04 Å². The lowest BCUT2D eigenvalue weighted by Gasteiger charge is -2.33. The lowest BCUT2D eigenvalue weighted by Crippen LogP contribution is -2.47. The number of hydrogen-bond acceptors (Lipinski definition) is 4. The van der Waals surface area contributed by atoms with Crippen LogP contribution in [0, 0.1) is 0 Å².